The van der Waals surface area contributed by atoms with E-state index in [0.29, 0.717) is 6.42 Å². The second-order valence-electron chi connectivity index (χ2n) is 4.09. The molecule has 0 radical (unpaired) electrons. The summed E-state index contributed by atoms with van der Waals surface area (Å²) in [5.41, 5.74) is 1.91. The molecule has 0 amide bonds. The van der Waals surface area contributed by atoms with E-state index in [9.17, 15) is 4.79 Å². The van der Waals surface area contributed by atoms with Crippen molar-refractivity contribution in [2.75, 3.05) is 0 Å². The first-order chi connectivity index (χ1) is 12.4. The number of allylic oxidation sites excluding steroid dienone is 6. The molecule has 25 heavy (non-hydrogen) atoms. The maximum atomic E-state index is 12.0. The van der Waals surface area contributed by atoms with E-state index in [-0.39, 0.29) is 5.78 Å². The Balaban J connectivity index is -0.000000533. The molecule has 1 aliphatic carbocycles. The van der Waals surface area contributed by atoms with Gasteiger partial charge in [0, 0.05) is 12.0 Å². The number of hydrogen-bond donors (Lipinski definition) is 0. The van der Waals surface area contributed by atoms with Crippen LogP contribution in [0.1, 0.15) is 85.0 Å². The summed E-state index contributed by atoms with van der Waals surface area (Å²) in [7, 11) is 0. The van der Waals surface area contributed by atoms with Gasteiger partial charge in [0.1, 0.15) is 0 Å². The van der Waals surface area contributed by atoms with Crippen LogP contribution in [0.4, 0.5) is 0 Å². The molecule has 0 fully saturated rings. The Hall–Kier alpha value is -1.89. The second-order valence-corrected chi connectivity index (χ2v) is 4.09. The highest BCUT2D eigenvalue weighted by molar-refractivity contribution is 5.97. The van der Waals surface area contributed by atoms with Gasteiger partial charge in [-0.3, -0.25) is 4.79 Å². The maximum absolute atomic E-state index is 12.0. The third kappa shape index (κ3) is 15.4. The van der Waals surface area contributed by atoms with Crippen LogP contribution < -0.4 is 0 Å². The molecular weight excluding hydrogens is 304 g/mol. The number of carbonyl (C=O) groups is 1. The number of Topliss-reactive ketones (excluding diaryl/α,β-unsaturated/α-hetero) is 1. The third-order valence-corrected chi connectivity index (χ3v) is 2.75. The van der Waals surface area contributed by atoms with Crippen LogP contribution in [-0.2, 0) is 0 Å². The molecule has 142 valence electrons. The summed E-state index contributed by atoms with van der Waals surface area (Å²) in [5, 5.41) is 0. The van der Waals surface area contributed by atoms with Crippen LogP contribution in [0.2, 0.25) is 0 Å². The Morgan fingerprint density at radius 2 is 1.28 bits per heavy atom. The van der Waals surface area contributed by atoms with E-state index in [2.05, 4.69) is 30.4 Å². The zero-order valence-electron chi connectivity index (χ0n) is 17.8. The fourth-order valence-electron chi connectivity index (χ4n) is 1.82. The summed E-state index contributed by atoms with van der Waals surface area (Å²) in [6, 6.07) is 9.47. The molecule has 0 unspecified atom stereocenters. The van der Waals surface area contributed by atoms with Crippen LogP contribution in [0.3, 0.4) is 0 Å². The van der Waals surface area contributed by atoms with Crippen LogP contribution in [-0.4, -0.2) is 5.78 Å². The summed E-state index contributed by atoms with van der Waals surface area (Å²) in [5.74, 6) is 0.186. The van der Waals surface area contributed by atoms with Crippen LogP contribution in [0.25, 0.3) is 0 Å². The average molecular weight is 345 g/mol. The molecule has 0 atom stereocenters. The van der Waals surface area contributed by atoms with Crippen molar-refractivity contribution >= 4 is 5.78 Å². The van der Waals surface area contributed by atoms with Gasteiger partial charge >= 0.3 is 0 Å². The van der Waals surface area contributed by atoms with E-state index in [4.69, 9.17) is 0 Å². The van der Waals surface area contributed by atoms with Gasteiger partial charge in [-0.05, 0) is 18.4 Å². The Labute approximate surface area is 157 Å². The third-order valence-electron chi connectivity index (χ3n) is 2.75. The van der Waals surface area contributed by atoms with E-state index < -0.39 is 0 Å². The first kappa shape index (κ1) is 27.9. The lowest BCUT2D eigenvalue weighted by Gasteiger charge is -2.03. The molecule has 0 saturated carbocycles. The highest BCUT2D eigenvalue weighted by atomic mass is 16.1. The van der Waals surface area contributed by atoms with Crippen molar-refractivity contribution in [1.82, 2.24) is 0 Å². The van der Waals surface area contributed by atoms with Crippen molar-refractivity contribution in [3.05, 3.63) is 71.8 Å². The minimum absolute atomic E-state index is 0.186. The van der Waals surface area contributed by atoms with Crippen molar-refractivity contribution < 1.29 is 4.79 Å². The largest absolute Gasteiger partial charge is 0.294 e. The predicted molar refractivity (Wildman–Crippen MR) is 116 cm³/mol. The minimum Gasteiger partial charge on any atom is -0.294 e. The van der Waals surface area contributed by atoms with Crippen molar-refractivity contribution in [2.24, 2.45) is 0 Å². The van der Waals surface area contributed by atoms with Crippen molar-refractivity contribution in [1.29, 1.82) is 0 Å². The van der Waals surface area contributed by atoms with E-state index >= 15 is 0 Å². The minimum atomic E-state index is 0.186. The lowest BCUT2D eigenvalue weighted by Crippen LogP contribution is -1.99. The molecule has 1 heteroatoms. The Morgan fingerprint density at radius 1 is 0.760 bits per heavy atom. The van der Waals surface area contributed by atoms with E-state index in [0.717, 1.165) is 24.0 Å². The molecule has 1 aromatic rings. The summed E-state index contributed by atoms with van der Waals surface area (Å²) >= 11 is 0. The molecular formula is C24H40O. The summed E-state index contributed by atoms with van der Waals surface area (Å²) < 4.78 is 0. The van der Waals surface area contributed by atoms with Crippen LogP contribution in [0.15, 0.2) is 66.3 Å². The van der Waals surface area contributed by atoms with Gasteiger partial charge in [-0.2, -0.15) is 0 Å². The molecule has 0 aliphatic heterocycles. The molecule has 0 aromatic heterocycles. The van der Waals surface area contributed by atoms with Crippen molar-refractivity contribution in [3.8, 4) is 0 Å². The quantitative estimate of drug-likeness (QED) is 0.399. The Bertz CT molecular complexity index is 464. The standard InChI is InChI=1S/C16H16O.4C2H6/c17-16(15-11-7-4-8-12-15)13-14-9-5-2-1-3-6-10-14;4*1-2/h1-2,4,6-12H,3,5,13H2;4*1-2H3/b2-1-,10-6-,14-9+;;;;. The monoisotopic (exact) mass is 344 g/mol. The Morgan fingerprint density at radius 3 is 1.84 bits per heavy atom. The number of ketones is 1. The number of rotatable bonds is 3. The molecule has 0 heterocycles. The first-order valence-corrected chi connectivity index (χ1v) is 9.95. The number of hydrogen-bond acceptors (Lipinski definition) is 1. The summed E-state index contributed by atoms with van der Waals surface area (Å²) in [6.45, 7) is 16.0. The maximum Gasteiger partial charge on any atom is 0.167 e. The SMILES string of the molecule is CC.CC.CC.CC.O=C(CC1=C/C/C=C\C/C=C\1)c1ccccc1. The predicted octanol–water partition coefficient (Wildman–Crippen LogP) is 8.20. The number of benzene rings is 1. The van der Waals surface area contributed by atoms with Crippen molar-refractivity contribution in [2.45, 2.75) is 74.7 Å². The van der Waals surface area contributed by atoms with E-state index in [1.807, 2.05) is 85.7 Å². The average Bonchev–Trinajstić information content (AvgIpc) is 2.71. The van der Waals surface area contributed by atoms with E-state index in [1.165, 1.54) is 0 Å². The molecule has 0 spiro atoms. The summed E-state index contributed by atoms with van der Waals surface area (Å²) in [4.78, 5) is 12.0. The van der Waals surface area contributed by atoms with Crippen LogP contribution in [0.5, 0.6) is 0 Å². The van der Waals surface area contributed by atoms with E-state index in [1.54, 1.807) is 0 Å². The van der Waals surface area contributed by atoms with Gasteiger partial charge in [0.2, 0.25) is 0 Å². The molecule has 2 rings (SSSR count). The first-order valence-electron chi connectivity index (χ1n) is 9.95. The van der Waals surface area contributed by atoms with Gasteiger partial charge in [0.15, 0.2) is 5.78 Å². The lowest BCUT2D eigenvalue weighted by molar-refractivity contribution is 0.0993. The molecule has 1 nitrogen and oxygen atoms in total. The molecule has 0 bridgehead atoms. The topological polar surface area (TPSA) is 17.1 Å². The number of carbonyl (C=O) groups excluding carboxylic acids is 1. The highest BCUT2D eigenvalue weighted by Crippen LogP contribution is 2.13. The Kier molecular flexibility index (Phi) is 27.2. The lowest BCUT2D eigenvalue weighted by atomic mass is 10.0. The van der Waals surface area contributed by atoms with Gasteiger partial charge in [0.05, 0.1) is 0 Å². The zero-order valence-corrected chi connectivity index (χ0v) is 17.8. The van der Waals surface area contributed by atoms with Gasteiger partial charge in [-0.15, -0.1) is 0 Å². The fraction of sp³-hybridized carbons (Fsp3) is 0.458. The fourth-order valence-corrected chi connectivity index (χ4v) is 1.82. The summed E-state index contributed by atoms with van der Waals surface area (Å²) in [6.07, 6.45) is 12.9. The molecule has 0 saturated heterocycles. The van der Waals surface area contributed by atoms with Gasteiger partial charge in [-0.25, -0.2) is 0 Å². The smallest absolute Gasteiger partial charge is 0.167 e. The van der Waals surface area contributed by atoms with Crippen LogP contribution >= 0.6 is 0 Å². The van der Waals surface area contributed by atoms with Crippen LogP contribution in [0, 0.1) is 0 Å². The highest BCUT2D eigenvalue weighted by Gasteiger charge is 2.06. The van der Waals surface area contributed by atoms with Gasteiger partial charge < -0.3 is 0 Å². The molecule has 0 N–H and O–H groups in total. The molecule has 1 aliphatic rings. The van der Waals surface area contributed by atoms with Gasteiger partial charge in [0.25, 0.3) is 0 Å². The molecule has 1 aromatic carbocycles. The second kappa shape index (κ2) is 24.4. The van der Waals surface area contributed by atoms with Crippen molar-refractivity contribution in [3.63, 3.8) is 0 Å². The zero-order chi connectivity index (χ0) is 19.9. The normalized spacial score (nSPS) is 15.8. The van der Waals surface area contributed by atoms with Gasteiger partial charge in [-0.1, -0.05) is 116 Å².